The molecule has 0 aliphatic heterocycles. The molecule has 2 nitrogen and oxygen atoms in total. The minimum absolute atomic E-state index is 0.00144. The number of anilines is 1. The summed E-state index contributed by atoms with van der Waals surface area (Å²) in [7, 11) is 0. The lowest BCUT2D eigenvalue weighted by molar-refractivity contribution is 0.0985. The molecule has 0 bridgehead atoms. The molecule has 0 unspecified atom stereocenters. The molecule has 110 valence electrons. The zero-order chi connectivity index (χ0) is 15.2. The van der Waals surface area contributed by atoms with Crippen LogP contribution < -0.4 is 4.90 Å². The Morgan fingerprint density at radius 3 is 2.57 bits per heavy atom. The zero-order valence-corrected chi connectivity index (χ0v) is 14.8. The standard InChI is InChI=1S/C17H17ClINO/c1-2-3-11-20(14-7-5-4-6-8-14)17(21)15-12-13(18)9-10-16(15)19/h4-10,12H,2-3,11H2,1H3. The molecule has 0 saturated carbocycles. The van der Waals surface area contributed by atoms with E-state index in [1.54, 1.807) is 12.1 Å². The van der Waals surface area contributed by atoms with Gasteiger partial charge in [0.15, 0.2) is 0 Å². The van der Waals surface area contributed by atoms with Gasteiger partial charge in [0.2, 0.25) is 0 Å². The highest BCUT2D eigenvalue weighted by Crippen LogP contribution is 2.23. The van der Waals surface area contributed by atoms with Gasteiger partial charge in [0, 0.05) is 20.8 Å². The number of rotatable bonds is 5. The van der Waals surface area contributed by atoms with E-state index in [2.05, 4.69) is 29.5 Å². The van der Waals surface area contributed by atoms with E-state index in [1.165, 1.54) is 0 Å². The minimum atomic E-state index is 0.00144. The smallest absolute Gasteiger partial charge is 0.259 e. The van der Waals surface area contributed by atoms with Crippen molar-refractivity contribution in [2.24, 2.45) is 0 Å². The molecule has 0 saturated heterocycles. The lowest BCUT2D eigenvalue weighted by atomic mass is 10.1. The summed E-state index contributed by atoms with van der Waals surface area (Å²) in [5.41, 5.74) is 1.58. The Balaban J connectivity index is 2.36. The molecular weight excluding hydrogens is 397 g/mol. The number of halogens is 2. The molecule has 4 heteroatoms. The van der Waals surface area contributed by atoms with Gasteiger partial charge in [0.05, 0.1) is 5.56 Å². The topological polar surface area (TPSA) is 20.3 Å². The molecular formula is C17H17ClINO. The Morgan fingerprint density at radius 2 is 1.90 bits per heavy atom. The SMILES string of the molecule is CCCCN(C(=O)c1cc(Cl)ccc1I)c1ccccc1. The highest BCUT2D eigenvalue weighted by molar-refractivity contribution is 14.1. The average Bonchev–Trinajstić information content (AvgIpc) is 2.51. The fourth-order valence-corrected chi connectivity index (χ4v) is 2.82. The fraction of sp³-hybridized carbons (Fsp3) is 0.235. The van der Waals surface area contributed by atoms with Crippen molar-refractivity contribution < 1.29 is 4.79 Å². The van der Waals surface area contributed by atoms with E-state index in [-0.39, 0.29) is 5.91 Å². The number of hydrogen-bond acceptors (Lipinski definition) is 1. The normalized spacial score (nSPS) is 10.4. The first-order valence-corrected chi connectivity index (χ1v) is 8.41. The van der Waals surface area contributed by atoms with E-state index in [0.717, 1.165) is 22.1 Å². The molecule has 0 fully saturated rings. The van der Waals surface area contributed by atoms with Gasteiger partial charge in [0.25, 0.3) is 5.91 Å². The Hall–Kier alpha value is -1.07. The van der Waals surface area contributed by atoms with Gasteiger partial charge in [-0.2, -0.15) is 0 Å². The number of para-hydroxylation sites is 1. The van der Waals surface area contributed by atoms with Crippen molar-refractivity contribution >= 4 is 45.8 Å². The second-order valence-corrected chi connectivity index (χ2v) is 6.37. The van der Waals surface area contributed by atoms with Crippen molar-refractivity contribution in [3.05, 3.63) is 62.7 Å². The summed E-state index contributed by atoms with van der Waals surface area (Å²) >= 11 is 8.22. The Labute approximate surface area is 144 Å². The molecule has 0 radical (unpaired) electrons. The van der Waals surface area contributed by atoms with Crippen molar-refractivity contribution in [1.29, 1.82) is 0 Å². The van der Waals surface area contributed by atoms with Gasteiger partial charge >= 0.3 is 0 Å². The van der Waals surface area contributed by atoms with Gasteiger partial charge in [-0.1, -0.05) is 43.1 Å². The third-order valence-electron chi connectivity index (χ3n) is 3.21. The highest BCUT2D eigenvalue weighted by Gasteiger charge is 2.19. The van der Waals surface area contributed by atoms with Gasteiger partial charge in [-0.15, -0.1) is 0 Å². The Morgan fingerprint density at radius 1 is 1.19 bits per heavy atom. The maximum atomic E-state index is 12.9. The van der Waals surface area contributed by atoms with Gasteiger partial charge in [-0.3, -0.25) is 4.79 Å². The summed E-state index contributed by atoms with van der Waals surface area (Å²) in [5.74, 6) is 0.00144. The maximum Gasteiger partial charge on any atom is 0.259 e. The number of benzene rings is 2. The Kier molecular flexibility index (Phi) is 6.06. The van der Waals surface area contributed by atoms with Crippen LogP contribution in [0, 0.1) is 3.57 Å². The summed E-state index contributed by atoms with van der Waals surface area (Å²) in [4.78, 5) is 14.7. The Bertz CT molecular complexity index is 615. The number of nitrogens with zero attached hydrogens (tertiary/aromatic N) is 1. The van der Waals surface area contributed by atoms with Crippen molar-refractivity contribution in [1.82, 2.24) is 0 Å². The van der Waals surface area contributed by atoms with E-state index in [1.807, 2.05) is 41.3 Å². The second-order valence-electron chi connectivity index (χ2n) is 4.77. The maximum absolute atomic E-state index is 12.9. The molecule has 0 N–H and O–H groups in total. The number of carbonyl (C=O) groups is 1. The largest absolute Gasteiger partial charge is 0.308 e. The minimum Gasteiger partial charge on any atom is -0.308 e. The van der Waals surface area contributed by atoms with Crippen LogP contribution in [0.25, 0.3) is 0 Å². The van der Waals surface area contributed by atoms with Gasteiger partial charge in [0.1, 0.15) is 0 Å². The molecule has 0 heterocycles. The summed E-state index contributed by atoms with van der Waals surface area (Å²) in [6.07, 6.45) is 2.01. The molecule has 21 heavy (non-hydrogen) atoms. The number of unbranched alkanes of at least 4 members (excludes halogenated alkanes) is 1. The van der Waals surface area contributed by atoms with E-state index < -0.39 is 0 Å². The summed E-state index contributed by atoms with van der Waals surface area (Å²) in [5, 5.41) is 0.585. The van der Waals surface area contributed by atoms with Crippen molar-refractivity contribution in [2.45, 2.75) is 19.8 Å². The van der Waals surface area contributed by atoms with E-state index in [0.29, 0.717) is 17.1 Å². The quantitative estimate of drug-likeness (QED) is 0.602. The van der Waals surface area contributed by atoms with Crippen LogP contribution in [0.2, 0.25) is 5.02 Å². The van der Waals surface area contributed by atoms with E-state index in [9.17, 15) is 4.79 Å². The number of carbonyl (C=O) groups excluding carboxylic acids is 1. The highest BCUT2D eigenvalue weighted by atomic mass is 127. The zero-order valence-electron chi connectivity index (χ0n) is 11.9. The van der Waals surface area contributed by atoms with Crippen molar-refractivity contribution in [3.63, 3.8) is 0 Å². The average molecular weight is 414 g/mol. The molecule has 2 rings (SSSR count). The first-order valence-electron chi connectivity index (χ1n) is 6.95. The van der Waals surface area contributed by atoms with Gasteiger partial charge in [-0.05, 0) is 59.3 Å². The van der Waals surface area contributed by atoms with E-state index >= 15 is 0 Å². The molecule has 0 atom stereocenters. The van der Waals surface area contributed by atoms with Gasteiger partial charge < -0.3 is 4.90 Å². The third kappa shape index (κ3) is 4.20. The molecule has 1 amide bonds. The van der Waals surface area contributed by atoms with Crippen LogP contribution in [0.15, 0.2) is 48.5 Å². The molecule has 2 aromatic rings. The van der Waals surface area contributed by atoms with Crippen LogP contribution in [-0.2, 0) is 0 Å². The second kappa shape index (κ2) is 7.80. The molecule has 0 aliphatic carbocycles. The molecule has 0 spiro atoms. The first kappa shape index (κ1) is 16.3. The predicted molar refractivity (Wildman–Crippen MR) is 97.2 cm³/mol. The van der Waals surface area contributed by atoms with Crippen LogP contribution in [-0.4, -0.2) is 12.5 Å². The summed E-state index contributed by atoms with van der Waals surface area (Å²) in [6.45, 7) is 2.83. The van der Waals surface area contributed by atoms with Crippen LogP contribution in [0.5, 0.6) is 0 Å². The van der Waals surface area contributed by atoms with E-state index in [4.69, 9.17) is 11.6 Å². The fourth-order valence-electron chi connectivity index (χ4n) is 2.08. The monoisotopic (exact) mass is 413 g/mol. The number of hydrogen-bond donors (Lipinski definition) is 0. The lowest BCUT2D eigenvalue weighted by Crippen LogP contribution is -2.32. The third-order valence-corrected chi connectivity index (χ3v) is 4.38. The van der Waals surface area contributed by atoms with Crippen LogP contribution in [0.1, 0.15) is 30.1 Å². The first-order chi connectivity index (χ1) is 10.1. The molecule has 0 aromatic heterocycles. The van der Waals surface area contributed by atoms with Crippen LogP contribution in [0.4, 0.5) is 5.69 Å². The summed E-state index contributed by atoms with van der Waals surface area (Å²) < 4.78 is 0.916. The summed E-state index contributed by atoms with van der Waals surface area (Å²) in [6, 6.07) is 15.2. The van der Waals surface area contributed by atoms with Crippen LogP contribution >= 0.6 is 34.2 Å². The van der Waals surface area contributed by atoms with Crippen molar-refractivity contribution in [3.8, 4) is 0 Å². The number of amides is 1. The molecule has 2 aromatic carbocycles. The van der Waals surface area contributed by atoms with Crippen LogP contribution in [0.3, 0.4) is 0 Å². The predicted octanol–water partition coefficient (Wildman–Crippen LogP) is 5.39. The van der Waals surface area contributed by atoms with Gasteiger partial charge in [-0.25, -0.2) is 0 Å². The van der Waals surface area contributed by atoms with Crippen molar-refractivity contribution in [2.75, 3.05) is 11.4 Å². The lowest BCUT2D eigenvalue weighted by Gasteiger charge is -2.23. The molecule has 0 aliphatic rings.